The van der Waals surface area contributed by atoms with E-state index in [4.69, 9.17) is 4.42 Å². The summed E-state index contributed by atoms with van der Waals surface area (Å²) in [6.07, 6.45) is 5.04. The summed E-state index contributed by atoms with van der Waals surface area (Å²) in [7, 11) is 0. The van der Waals surface area contributed by atoms with E-state index in [-0.39, 0.29) is 5.91 Å². The highest BCUT2D eigenvalue weighted by Crippen LogP contribution is 2.30. The largest absolute Gasteiger partial charge is 0.459 e. The Morgan fingerprint density at radius 2 is 2.50 bits per heavy atom. The molecule has 3 nitrogen and oxygen atoms in total. The Labute approximate surface area is 100.0 Å². The van der Waals surface area contributed by atoms with Gasteiger partial charge in [-0.1, -0.05) is 13.3 Å². The average molecular weight is 239 g/mol. The van der Waals surface area contributed by atoms with Gasteiger partial charge in [0.05, 0.1) is 6.26 Å². The van der Waals surface area contributed by atoms with Crippen LogP contribution < -0.4 is 5.32 Å². The van der Waals surface area contributed by atoms with E-state index in [2.05, 4.69) is 12.2 Å². The molecule has 1 aromatic rings. The molecule has 1 aliphatic rings. The van der Waals surface area contributed by atoms with Crippen molar-refractivity contribution < 1.29 is 9.21 Å². The molecule has 2 rings (SSSR count). The minimum absolute atomic E-state index is 0.0846. The molecular formula is C12H17NO2S. The van der Waals surface area contributed by atoms with Crippen molar-refractivity contribution in [2.24, 2.45) is 0 Å². The molecule has 16 heavy (non-hydrogen) atoms. The number of hydrogen-bond donors (Lipinski definition) is 1. The summed E-state index contributed by atoms with van der Waals surface area (Å²) >= 11 is 1.94. The van der Waals surface area contributed by atoms with Crippen LogP contribution in [0.25, 0.3) is 0 Å². The fourth-order valence-electron chi connectivity index (χ4n) is 2.15. The fourth-order valence-corrected chi connectivity index (χ4v) is 3.35. The summed E-state index contributed by atoms with van der Waals surface area (Å²) in [5, 5.41) is 3.64. The van der Waals surface area contributed by atoms with Gasteiger partial charge in [0.2, 0.25) is 0 Å². The first-order valence-corrected chi connectivity index (χ1v) is 6.82. The van der Waals surface area contributed by atoms with Crippen molar-refractivity contribution in [1.82, 2.24) is 5.32 Å². The van der Waals surface area contributed by atoms with Crippen LogP contribution in [-0.2, 0) is 0 Å². The molecule has 1 aromatic heterocycles. The molecule has 0 saturated heterocycles. The molecule has 1 saturated carbocycles. The van der Waals surface area contributed by atoms with Crippen LogP contribution >= 0.6 is 11.8 Å². The first-order chi connectivity index (χ1) is 7.81. The second kappa shape index (κ2) is 5.43. The lowest BCUT2D eigenvalue weighted by Crippen LogP contribution is -2.38. The first kappa shape index (κ1) is 11.6. The minimum atomic E-state index is -0.0846. The Balaban J connectivity index is 1.91. The molecule has 1 aliphatic carbocycles. The van der Waals surface area contributed by atoms with E-state index in [1.165, 1.54) is 19.1 Å². The molecule has 1 amide bonds. The van der Waals surface area contributed by atoms with Crippen molar-refractivity contribution in [1.29, 1.82) is 0 Å². The average Bonchev–Trinajstić information content (AvgIpc) is 2.90. The van der Waals surface area contributed by atoms with E-state index < -0.39 is 0 Å². The molecule has 0 aliphatic heterocycles. The number of hydrogen-bond acceptors (Lipinski definition) is 3. The topological polar surface area (TPSA) is 42.2 Å². The van der Waals surface area contributed by atoms with E-state index in [0.717, 1.165) is 12.2 Å². The predicted octanol–water partition coefficient (Wildman–Crippen LogP) is 2.68. The van der Waals surface area contributed by atoms with Crippen molar-refractivity contribution >= 4 is 17.7 Å². The van der Waals surface area contributed by atoms with E-state index in [1.54, 1.807) is 12.1 Å². The van der Waals surface area contributed by atoms with Gasteiger partial charge >= 0.3 is 0 Å². The van der Waals surface area contributed by atoms with Crippen LogP contribution in [0.3, 0.4) is 0 Å². The summed E-state index contributed by atoms with van der Waals surface area (Å²) < 4.78 is 5.08. The number of thioether (sulfide) groups is 1. The molecule has 0 radical (unpaired) electrons. The maximum absolute atomic E-state index is 11.8. The third-order valence-corrected chi connectivity index (χ3v) is 4.22. The number of amides is 1. The zero-order chi connectivity index (χ0) is 11.4. The SMILES string of the molecule is CCSC1CCCC1NC(=O)c1ccco1. The van der Waals surface area contributed by atoms with Gasteiger partial charge in [0.15, 0.2) is 5.76 Å². The van der Waals surface area contributed by atoms with Gasteiger partial charge in [0.1, 0.15) is 0 Å². The maximum atomic E-state index is 11.8. The zero-order valence-corrected chi connectivity index (χ0v) is 10.3. The van der Waals surface area contributed by atoms with Crippen molar-refractivity contribution in [3.63, 3.8) is 0 Å². The van der Waals surface area contributed by atoms with E-state index >= 15 is 0 Å². The molecule has 88 valence electrons. The van der Waals surface area contributed by atoms with Gasteiger partial charge in [-0.15, -0.1) is 0 Å². The second-order valence-electron chi connectivity index (χ2n) is 3.98. The second-order valence-corrected chi connectivity index (χ2v) is 5.50. The van der Waals surface area contributed by atoms with Crippen molar-refractivity contribution in [2.75, 3.05) is 5.75 Å². The van der Waals surface area contributed by atoms with Gasteiger partial charge in [-0.3, -0.25) is 4.79 Å². The van der Waals surface area contributed by atoms with E-state index in [9.17, 15) is 4.79 Å². The third-order valence-electron chi connectivity index (χ3n) is 2.89. The van der Waals surface area contributed by atoms with Gasteiger partial charge < -0.3 is 9.73 Å². The molecule has 0 aromatic carbocycles. The summed E-state index contributed by atoms with van der Waals surface area (Å²) in [6, 6.07) is 3.75. The van der Waals surface area contributed by atoms with Gasteiger partial charge in [-0.05, 0) is 30.7 Å². The van der Waals surface area contributed by atoms with Crippen LogP contribution in [0.2, 0.25) is 0 Å². The Bertz CT molecular complexity index is 337. The van der Waals surface area contributed by atoms with Crippen LogP contribution in [0.15, 0.2) is 22.8 Å². The minimum Gasteiger partial charge on any atom is -0.459 e. The first-order valence-electron chi connectivity index (χ1n) is 5.77. The highest BCUT2D eigenvalue weighted by Gasteiger charge is 2.29. The Morgan fingerprint density at radius 3 is 3.19 bits per heavy atom. The highest BCUT2D eigenvalue weighted by molar-refractivity contribution is 7.99. The quantitative estimate of drug-likeness (QED) is 0.878. The third kappa shape index (κ3) is 2.61. The molecule has 0 bridgehead atoms. The Morgan fingerprint density at radius 1 is 1.62 bits per heavy atom. The molecule has 1 fully saturated rings. The van der Waals surface area contributed by atoms with Crippen LogP contribution in [0.5, 0.6) is 0 Å². The summed E-state index contributed by atoms with van der Waals surface area (Å²) in [5.74, 6) is 1.43. The summed E-state index contributed by atoms with van der Waals surface area (Å²) in [5.41, 5.74) is 0. The van der Waals surface area contributed by atoms with Crippen molar-refractivity contribution in [2.45, 2.75) is 37.5 Å². The molecular weight excluding hydrogens is 222 g/mol. The van der Waals surface area contributed by atoms with Gasteiger partial charge in [0.25, 0.3) is 5.91 Å². The van der Waals surface area contributed by atoms with Gasteiger partial charge in [0, 0.05) is 11.3 Å². The molecule has 0 spiro atoms. The number of nitrogens with one attached hydrogen (secondary N) is 1. The monoisotopic (exact) mass is 239 g/mol. The van der Waals surface area contributed by atoms with Crippen molar-refractivity contribution in [3.05, 3.63) is 24.2 Å². The summed E-state index contributed by atoms with van der Waals surface area (Å²) in [6.45, 7) is 2.16. The van der Waals surface area contributed by atoms with Crippen LogP contribution in [0.1, 0.15) is 36.7 Å². The van der Waals surface area contributed by atoms with Gasteiger partial charge in [-0.2, -0.15) is 11.8 Å². The molecule has 4 heteroatoms. The number of carbonyl (C=O) groups is 1. The number of carbonyl (C=O) groups excluding carboxylic acids is 1. The highest BCUT2D eigenvalue weighted by atomic mass is 32.2. The summed E-state index contributed by atoms with van der Waals surface area (Å²) in [4.78, 5) is 11.8. The smallest absolute Gasteiger partial charge is 0.287 e. The normalized spacial score (nSPS) is 24.6. The lowest BCUT2D eigenvalue weighted by molar-refractivity contribution is 0.0910. The van der Waals surface area contributed by atoms with E-state index in [1.807, 2.05) is 11.8 Å². The lowest BCUT2D eigenvalue weighted by atomic mass is 10.2. The molecule has 2 atom stereocenters. The zero-order valence-electron chi connectivity index (χ0n) is 9.44. The number of rotatable bonds is 4. The van der Waals surface area contributed by atoms with Gasteiger partial charge in [-0.25, -0.2) is 0 Å². The molecule has 1 N–H and O–H groups in total. The van der Waals surface area contributed by atoms with Crippen molar-refractivity contribution in [3.8, 4) is 0 Å². The fraction of sp³-hybridized carbons (Fsp3) is 0.583. The maximum Gasteiger partial charge on any atom is 0.287 e. The van der Waals surface area contributed by atoms with Crippen LogP contribution in [0, 0.1) is 0 Å². The Hall–Kier alpha value is -0.900. The predicted molar refractivity (Wildman–Crippen MR) is 65.7 cm³/mol. The lowest BCUT2D eigenvalue weighted by Gasteiger charge is -2.19. The number of furan rings is 1. The Kier molecular flexibility index (Phi) is 3.93. The van der Waals surface area contributed by atoms with Crippen LogP contribution in [0.4, 0.5) is 0 Å². The molecule has 2 unspecified atom stereocenters. The van der Waals surface area contributed by atoms with E-state index in [0.29, 0.717) is 17.1 Å². The standard InChI is InChI=1S/C12H17NO2S/c1-2-16-11-7-3-5-9(11)13-12(14)10-6-4-8-15-10/h4,6,8-9,11H,2-3,5,7H2,1H3,(H,13,14). The van der Waals surface area contributed by atoms with Crippen LogP contribution in [-0.4, -0.2) is 23.0 Å². The molecule has 1 heterocycles.